The van der Waals surface area contributed by atoms with Gasteiger partial charge in [-0.05, 0) is 44.1 Å². The number of rotatable bonds is 1. The Kier molecular flexibility index (Phi) is 2.83. The van der Waals surface area contributed by atoms with Gasteiger partial charge in [-0.25, -0.2) is 0 Å². The Bertz CT molecular complexity index is 294. The highest BCUT2D eigenvalue weighted by Gasteiger charge is 2.45. The molecule has 0 bridgehead atoms. The molecule has 0 spiro atoms. The fourth-order valence-electron chi connectivity index (χ4n) is 4.42. The first-order chi connectivity index (χ1) is 7.81. The third-order valence-corrected chi connectivity index (χ3v) is 5.11. The second kappa shape index (κ2) is 4.18. The third kappa shape index (κ3) is 1.55. The summed E-state index contributed by atoms with van der Waals surface area (Å²) >= 11 is 0. The molecule has 2 aliphatic carbocycles. The highest BCUT2D eigenvalue weighted by atomic mass is 15.2. The van der Waals surface area contributed by atoms with Crippen molar-refractivity contribution < 1.29 is 0 Å². The standard InChI is InChI=1S/C15H25N/c1-3-16-14-7-5-4-6-12(14)13-10-11(2)8-9-15(13)16/h10-12,14-15H,3-9H2,1-2H3. The fraction of sp³-hybridized carbons (Fsp3) is 0.867. The van der Waals surface area contributed by atoms with E-state index >= 15 is 0 Å². The number of nitrogens with zero attached hydrogens (tertiary/aromatic N) is 1. The zero-order chi connectivity index (χ0) is 11.1. The highest BCUT2D eigenvalue weighted by Crippen LogP contribution is 2.47. The SMILES string of the molecule is CCN1C2CCC(C)C=C2C2CCCCC21. The predicted molar refractivity (Wildman–Crippen MR) is 68.4 cm³/mol. The average Bonchev–Trinajstić information content (AvgIpc) is 2.62. The van der Waals surface area contributed by atoms with E-state index in [0.29, 0.717) is 0 Å². The van der Waals surface area contributed by atoms with E-state index in [4.69, 9.17) is 0 Å². The van der Waals surface area contributed by atoms with Crippen LogP contribution in [0.1, 0.15) is 52.4 Å². The first-order valence-corrected chi connectivity index (χ1v) is 7.28. The van der Waals surface area contributed by atoms with Gasteiger partial charge >= 0.3 is 0 Å². The van der Waals surface area contributed by atoms with Crippen LogP contribution in [0, 0.1) is 11.8 Å². The van der Waals surface area contributed by atoms with Crippen LogP contribution < -0.4 is 0 Å². The minimum atomic E-state index is 0.828. The summed E-state index contributed by atoms with van der Waals surface area (Å²) in [5.41, 5.74) is 1.84. The highest BCUT2D eigenvalue weighted by molar-refractivity contribution is 5.27. The van der Waals surface area contributed by atoms with Gasteiger partial charge in [0.1, 0.15) is 0 Å². The fourth-order valence-corrected chi connectivity index (χ4v) is 4.42. The lowest BCUT2D eigenvalue weighted by Gasteiger charge is -2.32. The number of likely N-dealkylation sites (N-methyl/N-ethyl adjacent to an activating group) is 1. The molecule has 16 heavy (non-hydrogen) atoms. The molecule has 4 atom stereocenters. The molecule has 0 radical (unpaired) electrons. The molecule has 0 N–H and O–H groups in total. The zero-order valence-corrected chi connectivity index (χ0v) is 10.8. The molecule has 0 amide bonds. The molecule has 3 rings (SSSR count). The van der Waals surface area contributed by atoms with E-state index < -0.39 is 0 Å². The number of likely N-dealkylation sites (tertiary alicyclic amines) is 1. The molecule has 1 saturated carbocycles. The molecule has 1 heterocycles. The van der Waals surface area contributed by atoms with Crippen LogP contribution in [0.25, 0.3) is 0 Å². The Balaban J connectivity index is 1.92. The van der Waals surface area contributed by atoms with Crippen molar-refractivity contribution in [1.82, 2.24) is 4.90 Å². The van der Waals surface area contributed by atoms with E-state index in [2.05, 4.69) is 24.8 Å². The molecule has 1 heteroatoms. The number of fused-ring (bicyclic) bond motifs is 3. The molecule has 2 fully saturated rings. The number of allylic oxidation sites excluding steroid dienone is 1. The van der Waals surface area contributed by atoms with Gasteiger partial charge in [-0.15, -0.1) is 0 Å². The molecule has 1 nitrogen and oxygen atoms in total. The molecule has 0 aromatic rings. The normalized spacial score (nSPS) is 43.8. The maximum Gasteiger partial charge on any atom is 0.0314 e. The van der Waals surface area contributed by atoms with Gasteiger partial charge < -0.3 is 0 Å². The van der Waals surface area contributed by atoms with Gasteiger partial charge in [-0.1, -0.05) is 38.3 Å². The van der Waals surface area contributed by atoms with E-state index in [0.717, 1.165) is 23.9 Å². The molecule has 1 aliphatic heterocycles. The van der Waals surface area contributed by atoms with E-state index in [-0.39, 0.29) is 0 Å². The Labute approximate surface area is 99.9 Å². The van der Waals surface area contributed by atoms with Crippen LogP contribution in [-0.2, 0) is 0 Å². The summed E-state index contributed by atoms with van der Waals surface area (Å²) in [6.07, 6.45) is 11.3. The summed E-state index contributed by atoms with van der Waals surface area (Å²) in [6.45, 7) is 6.01. The molecule has 0 aromatic carbocycles. The van der Waals surface area contributed by atoms with Crippen LogP contribution in [0.3, 0.4) is 0 Å². The van der Waals surface area contributed by atoms with Gasteiger partial charge in [0, 0.05) is 12.1 Å². The summed E-state index contributed by atoms with van der Waals surface area (Å²) in [5, 5.41) is 0. The van der Waals surface area contributed by atoms with Crippen molar-refractivity contribution in [2.45, 2.75) is 64.5 Å². The largest absolute Gasteiger partial charge is 0.293 e. The van der Waals surface area contributed by atoms with Crippen molar-refractivity contribution in [2.75, 3.05) is 6.54 Å². The second-order valence-corrected chi connectivity index (χ2v) is 6.03. The van der Waals surface area contributed by atoms with Crippen LogP contribution in [0.5, 0.6) is 0 Å². The predicted octanol–water partition coefficient (Wildman–Crippen LogP) is 3.61. The molecular weight excluding hydrogens is 194 g/mol. The minimum Gasteiger partial charge on any atom is -0.293 e. The topological polar surface area (TPSA) is 3.24 Å². The van der Waals surface area contributed by atoms with Crippen LogP contribution in [-0.4, -0.2) is 23.5 Å². The number of hydrogen-bond acceptors (Lipinski definition) is 1. The Morgan fingerprint density at radius 1 is 1.19 bits per heavy atom. The summed E-state index contributed by atoms with van der Waals surface area (Å²) in [4.78, 5) is 2.82. The van der Waals surface area contributed by atoms with Crippen LogP contribution in [0.4, 0.5) is 0 Å². The van der Waals surface area contributed by atoms with Crippen LogP contribution in [0.2, 0.25) is 0 Å². The van der Waals surface area contributed by atoms with Crippen molar-refractivity contribution in [3.8, 4) is 0 Å². The zero-order valence-electron chi connectivity index (χ0n) is 10.8. The average molecular weight is 219 g/mol. The van der Waals surface area contributed by atoms with Crippen LogP contribution in [0.15, 0.2) is 11.6 Å². The van der Waals surface area contributed by atoms with Crippen molar-refractivity contribution in [3.05, 3.63) is 11.6 Å². The summed E-state index contributed by atoms with van der Waals surface area (Å²) in [7, 11) is 0. The lowest BCUT2D eigenvalue weighted by atomic mass is 9.78. The second-order valence-electron chi connectivity index (χ2n) is 6.03. The molecule has 90 valence electrons. The Morgan fingerprint density at radius 3 is 2.81 bits per heavy atom. The van der Waals surface area contributed by atoms with E-state index in [1.165, 1.54) is 45.1 Å². The van der Waals surface area contributed by atoms with Crippen molar-refractivity contribution >= 4 is 0 Å². The smallest absolute Gasteiger partial charge is 0.0314 e. The van der Waals surface area contributed by atoms with E-state index in [9.17, 15) is 0 Å². The summed E-state index contributed by atoms with van der Waals surface area (Å²) in [5.74, 6) is 1.77. The van der Waals surface area contributed by atoms with E-state index in [1.807, 2.05) is 5.57 Å². The van der Waals surface area contributed by atoms with Gasteiger partial charge in [0.2, 0.25) is 0 Å². The first kappa shape index (κ1) is 10.8. The van der Waals surface area contributed by atoms with Crippen molar-refractivity contribution in [2.24, 2.45) is 11.8 Å². The van der Waals surface area contributed by atoms with Gasteiger partial charge in [-0.3, -0.25) is 4.90 Å². The Hall–Kier alpha value is -0.300. The maximum absolute atomic E-state index is 2.82. The quantitative estimate of drug-likeness (QED) is 0.609. The van der Waals surface area contributed by atoms with Gasteiger partial charge in [0.15, 0.2) is 0 Å². The number of hydrogen-bond donors (Lipinski definition) is 0. The third-order valence-electron chi connectivity index (χ3n) is 5.11. The maximum atomic E-state index is 2.82. The monoisotopic (exact) mass is 219 g/mol. The summed E-state index contributed by atoms with van der Waals surface area (Å²) < 4.78 is 0. The Morgan fingerprint density at radius 2 is 2.00 bits per heavy atom. The lowest BCUT2D eigenvalue weighted by molar-refractivity contribution is 0.152. The van der Waals surface area contributed by atoms with Crippen LogP contribution >= 0.6 is 0 Å². The molecule has 0 aromatic heterocycles. The molecule has 1 saturated heterocycles. The van der Waals surface area contributed by atoms with Crippen molar-refractivity contribution in [1.29, 1.82) is 0 Å². The minimum absolute atomic E-state index is 0.828. The summed E-state index contributed by atoms with van der Waals surface area (Å²) in [6, 6.07) is 1.73. The molecular formula is C15H25N. The molecule has 3 aliphatic rings. The van der Waals surface area contributed by atoms with Gasteiger partial charge in [-0.2, -0.15) is 0 Å². The first-order valence-electron chi connectivity index (χ1n) is 7.28. The van der Waals surface area contributed by atoms with Gasteiger partial charge in [0.05, 0.1) is 0 Å². The van der Waals surface area contributed by atoms with E-state index in [1.54, 1.807) is 0 Å². The lowest BCUT2D eigenvalue weighted by Crippen LogP contribution is -2.39. The molecule has 4 unspecified atom stereocenters. The van der Waals surface area contributed by atoms with Gasteiger partial charge in [0.25, 0.3) is 0 Å². The van der Waals surface area contributed by atoms with Crippen molar-refractivity contribution in [3.63, 3.8) is 0 Å².